The molecule has 1 heterocycles. The van der Waals surface area contributed by atoms with Crippen LogP contribution in [0.3, 0.4) is 0 Å². The molecule has 1 aromatic rings. The van der Waals surface area contributed by atoms with Gasteiger partial charge in [0.25, 0.3) is 0 Å². The highest BCUT2D eigenvalue weighted by Crippen LogP contribution is 2.07. The van der Waals surface area contributed by atoms with Crippen molar-refractivity contribution in [3.63, 3.8) is 0 Å². The molecule has 0 aliphatic heterocycles. The Morgan fingerprint density at radius 1 is 1.62 bits per heavy atom. The molecule has 3 heteroatoms. The molecule has 1 aromatic heterocycles. The first kappa shape index (κ1) is 11.2. The maximum Gasteiger partial charge on any atom is 0.0216 e. The minimum Gasteiger partial charge on any atom is -0.310 e. The molecule has 13 heavy (non-hydrogen) atoms. The summed E-state index contributed by atoms with van der Waals surface area (Å²) in [6, 6.07) is 2.83. The Kier molecular flexibility index (Phi) is 5.67. The summed E-state index contributed by atoms with van der Waals surface area (Å²) in [7, 11) is 0. The summed E-state index contributed by atoms with van der Waals surface area (Å²) < 4.78 is 0. The molecular weight excluding hydrogens is 246 g/mol. The van der Waals surface area contributed by atoms with Crippen LogP contribution >= 0.6 is 27.3 Å². The van der Waals surface area contributed by atoms with E-state index in [1.165, 1.54) is 18.4 Å². The van der Waals surface area contributed by atoms with E-state index < -0.39 is 0 Å². The smallest absolute Gasteiger partial charge is 0.0216 e. The maximum absolute atomic E-state index is 3.55. The summed E-state index contributed by atoms with van der Waals surface area (Å²) in [5.41, 5.74) is 1.40. The average molecular weight is 262 g/mol. The van der Waals surface area contributed by atoms with Crippen LogP contribution in [0, 0.1) is 0 Å². The zero-order valence-corrected chi connectivity index (χ0v) is 10.3. The van der Waals surface area contributed by atoms with Crippen LogP contribution in [0.25, 0.3) is 0 Å². The molecular formula is C10H16BrNS. The quantitative estimate of drug-likeness (QED) is 0.775. The van der Waals surface area contributed by atoms with Gasteiger partial charge in [-0.05, 0) is 35.2 Å². The van der Waals surface area contributed by atoms with E-state index >= 15 is 0 Å². The summed E-state index contributed by atoms with van der Waals surface area (Å²) in [6.45, 7) is 3.24. The van der Waals surface area contributed by atoms with Crippen molar-refractivity contribution in [3.05, 3.63) is 22.4 Å². The van der Waals surface area contributed by atoms with E-state index in [0.29, 0.717) is 6.04 Å². The fourth-order valence-corrected chi connectivity index (χ4v) is 2.46. The second-order valence-electron chi connectivity index (χ2n) is 3.10. The Hall–Kier alpha value is 0.140. The number of nitrogens with one attached hydrogen (secondary N) is 1. The fourth-order valence-electron chi connectivity index (χ4n) is 1.24. The van der Waals surface area contributed by atoms with E-state index in [-0.39, 0.29) is 0 Å². The van der Waals surface area contributed by atoms with Gasteiger partial charge in [0.05, 0.1) is 0 Å². The third-order valence-corrected chi connectivity index (χ3v) is 3.32. The largest absolute Gasteiger partial charge is 0.310 e. The van der Waals surface area contributed by atoms with Gasteiger partial charge in [0.1, 0.15) is 0 Å². The summed E-state index contributed by atoms with van der Waals surface area (Å²) in [4.78, 5) is 0. The molecule has 74 valence electrons. The Morgan fingerprint density at radius 2 is 2.46 bits per heavy atom. The second-order valence-corrected chi connectivity index (χ2v) is 4.67. The number of halogens is 1. The first-order valence-electron chi connectivity index (χ1n) is 4.67. The molecule has 0 aromatic carbocycles. The maximum atomic E-state index is 3.55. The highest BCUT2D eigenvalue weighted by Gasteiger charge is 2.03. The summed E-state index contributed by atoms with van der Waals surface area (Å²) in [5, 5.41) is 8.96. The van der Waals surface area contributed by atoms with Gasteiger partial charge in [0, 0.05) is 17.9 Å². The number of alkyl halides is 1. The van der Waals surface area contributed by atoms with Gasteiger partial charge >= 0.3 is 0 Å². The van der Waals surface area contributed by atoms with Crippen LogP contribution in [0.5, 0.6) is 0 Å². The van der Waals surface area contributed by atoms with E-state index in [1.807, 2.05) is 0 Å². The zero-order chi connectivity index (χ0) is 9.52. The molecule has 0 fully saturated rings. The first-order chi connectivity index (χ1) is 6.36. The molecule has 0 aliphatic carbocycles. The molecule has 0 bridgehead atoms. The van der Waals surface area contributed by atoms with Crippen molar-refractivity contribution in [2.45, 2.75) is 32.4 Å². The van der Waals surface area contributed by atoms with Crippen molar-refractivity contribution in [2.24, 2.45) is 0 Å². The van der Waals surface area contributed by atoms with E-state index in [0.717, 1.165) is 11.9 Å². The summed E-state index contributed by atoms with van der Waals surface area (Å²) in [6.07, 6.45) is 2.41. The minimum atomic E-state index is 0.652. The lowest BCUT2D eigenvalue weighted by Gasteiger charge is -2.14. The van der Waals surface area contributed by atoms with Crippen molar-refractivity contribution >= 4 is 27.3 Å². The molecule has 1 N–H and O–H groups in total. The fraction of sp³-hybridized carbons (Fsp3) is 0.600. The predicted molar refractivity (Wildman–Crippen MR) is 63.6 cm³/mol. The first-order valence-corrected chi connectivity index (χ1v) is 6.73. The van der Waals surface area contributed by atoms with E-state index in [9.17, 15) is 0 Å². The van der Waals surface area contributed by atoms with Crippen LogP contribution in [-0.2, 0) is 6.54 Å². The van der Waals surface area contributed by atoms with Gasteiger partial charge in [-0.1, -0.05) is 22.9 Å². The predicted octanol–water partition coefficient (Wildman–Crippen LogP) is 3.40. The molecule has 0 radical (unpaired) electrons. The summed E-state index contributed by atoms with van der Waals surface area (Å²) in [5.74, 6) is 0. The monoisotopic (exact) mass is 261 g/mol. The highest BCUT2D eigenvalue weighted by atomic mass is 79.9. The highest BCUT2D eigenvalue weighted by molar-refractivity contribution is 9.09. The van der Waals surface area contributed by atoms with Crippen LogP contribution < -0.4 is 5.32 Å². The van der Waals surface area contributed by atoms with Gasteiger partial charge in [-0.3, -0.25) is 0 Å². The van der Waals surface area contributed by atoms with Crippen molar-refractivity contribution < 1.29 is 0 Å². The number of hydrogen-bond donors (Lipinski definition) is 1. The minimum absolute atomic E-state index is 0.652. The molecule has 0 spiro atoms. The molecule has 1 nitrogen and oxygen atoms in total. The number of rotatable bonds is 6. The lowest BCUT2D eigenvalue weighted by molar-refractivity contribution is 0.488. The van der Waals surface area contributed by atoms with Crippen LogP contribution in [0.2, 0.25) is 0 Å². The standard InChI is InChI=1S/C10H16BrNS/c1-2-10(3-5-11)12-7-9-4-6-13-8-9/h4,6,8,10,12H,2-3,5,7H2,1H3. The number of hydrogen-bond acceptors (Lipinski definition) is 2. The Labute approximate surface area is 92.7 Å². The molecule has 1 rings (SSSR count). The van der Waals surface area contributed by atoms with Crippen LogP contribution in [0.15, 0.2) is 16.8 Å². The molecule has 0 aliphatic rings. The SMILES string of the molecule is CCC(CCBr)NCc1ccsc1. The van der Waals surface area contributed by atoms with Gasteiger partial charge < -0.3 is 5.32 Å². The molecule has 0 saturated carbocycles. The molecule has 0 saturated heterocycles. The summed E-state index contributed by atoms with van der Waals surface area (Å²) >= 11 is 5.23. The van der Waals surface area contributed by atoms with Gasteiger partial charge in [-0.2, -0.15) is 11.3 Å². The van der Waals surface area contributed by atoms with E-state index in [4.69, 9.17) is 0 Å². The van der Waals surface area contributed by atoms with Crippen molar-refractivity contribution in [3.8, 4) is 0 Å². The Bertz CT molecular complexity index is 211. The van der Waals surface area contributed by atoms with Crippen LogP contribution in [0.4, 0.5) is 0 Å². The van der Waals surface area contributed by atoms with E-state index in [1.54, 1.807) is 11.3 Å². The lowest BCUT2D eigenvalue weighted by Crippen LogP contribution is -2.27. The van der Waals surface area contributed by atoms with Crippen molar-refractivity contribution in [1.29, 1.82) is 0 Å². The normalized spacial score (nSPS) is 13.1. The van der Waals surface area contributed by atoms with Crippen LogP contribution in [0.1, 0.15) is 25.3 Å². The van der Waals surface area contributed by atoms with Crippen molar-refractivity contribution in [2.75, 3.05) is 5.33 Å². The number of thiophene rings is 1. The van der Waals surface area contributed by atoms with Crippen LogP contribution in [-0.4, -0.2) is 11.4 Å². The average Bonchev–Trinajstić information content (AvgIpc) is 2.64. The molecule has 1 atom stereocenters. The Morgan fingerprint density at radius 3 is 3.00 bits per heavy atom. The lowest BCUT2D eigenvalue weighted by atomic mass is 10.1. The molecule has 1 unspecified atom stereocenters. The van der Waals surface area contributed by atoms with Gasteiger partial charge in [-0.25, -0.2) is 0 Å². The topological polar surface area (TPSA) is 12.0 Å². The molecule has 0 amide bonds. The van der Waals surface area contributed by atoms with Gasteiger partial charge in [0.15, 0.2) is 0 Å². The second kappa shape index (κ2) is 6.57. The van der Waals surface area contributed by atoms with Gasteiger partial charge in [0.2, 0.25) is 0 Å². The Balaban J connectivity index is 2.23. The van der Waals surface area contributed by atoms with Crippen molar-refractivity contribution in [1.82, 2.24) is 5.32 Å². The zero-order valence-electron chi connectivity index (χ0n) is 7.92. The van der Waals surface area contributed by atoms with E-state index in [2.05, 4.69) is 45.0 Å². The third kappa shape index (κ3) is 4.25. The van der Waals surface area contributed by atoms with Gasteiger partial charge in [-0.15, -0.1) is 0 Å². The third-order valence-electron chi connectivity index (χ3n) is 2.13.